The zero-order chi connectivity index (χ0) is 19.7. The molecule has 0 aromatic heterocycles. The van der Waals surface area contributed by atoms with E-state index in [4.69, 9.17) is 0 Å². The molecule has 0 saturated heterocycles. The van der Waals surface area contributed by atoms with Gasteiger partial charge in [0, 0.05) is 0 Å². The Bertz CT molecular complexity index is 265. The minimum absolute atomic E-state index is 1.12. The Morgan fingerprint density at radius 1 is 0.370 bits per heavy atom. The molecular formula is C27H52. The predicted molar refractivity (Wildman–Crippen MR) is 126 cm³/mol. The van der Waals surface area contributed by atoms with Gasteiger partial charge in [-0.25, -0.2) is 0 Å². The monoisotopic (exact) mass is 376 g/mol. The minimum atomic E-state index is 1.12. The largest absolute Gasteiger partial charge is 0.0885 e. The van der Waals surface area contributed by atoms with Crippen molar-refractivity contribution >= 4 is 0 Å². The van der Waals surface area contributed by atoms with Crippen molar-refractivity contribution in [1.29, 1.82) is 0 Å². The normalized spacial score (nSPS) is 11.6. The first-order valence-electron chi connectivity index (χ1n) is 12.6. The highest BCUT2D eigenvalue weighted by molar-refractivity contribution is 4.83. The van der Waals surface area contributed by atoms with E-state index in [1.807, 2.05) is 6.08 Å². The average Bonchev–Trinajstić information content (AvgIpc) is 2.68. The van der Waals surface area contributed by atoms with Gasteiger partial charge in [0.15, 0.2) is 0 Å². The number of allylic oxidation sites excluding steroid dienone is 2. The van der Waals surface area contributed by atoms with Gasteiger partial charge in [0.25, 0.3) is 0 Å². The van der Waals surface area contributed by atoms with Crippen LogP contribution in [-0.2, 0) is 0 Å². The minimum Gasteiger partial charge on any atom is -0.0885 e. The van der Waals surface area contributed by atoms with E-state index in [9.17, 15) is 0 Å². The molecule has 0 saturated carbocycles. The van der Waals surface area contributed by atoms with Gasteiger partial charge in [-0.15, -0.1) is 0 Å². The summed E-state index contributed by atoms with van der Waals surface area (Å²) in [7, 11) is 0. The van der Waals surface area contributed by atoms with Crippen LogP contribution in [0, 0.1) is 13.8 Å². The van der Waals surface area contributed by atoms with Crippen molar-refractivity contribution in [2.24, 2.45) is 0 Å². The van der Waals surface area contributed by atoms with Crippen LogP contribution in [0.2, 0.25) is 0 Å². The third-order valence-electron chi connectivity index (χ3n) is 5.79. The molecule has 0 aromatic rings. The van der Waals surface area contributed by atoms with Crippen molar-refractivity contribution in [2.75, 3.05) is 0 Å². The molecule has 0 unspecified atom stereocenters. The van der Waals surface area contributed by atoms with E-state index >= 15 is 0 Å². The third-order valence-corrected chi connectivity index (χ3v) is 5.79. The van der Waals surface area contributed by atoms with Crippen molar-refractivity contribution in [3.63, 3.8) is 0 Å². The van der Waals surface area contributed by atoms with Gasteiger partial charge in [-0.2, -0.15) is 0 Å². The first-order chi connectivity index (χ1) is 13.4. The van der Waals surface area contributed by atoms with Crippen LogP contribution in [0.4, 0.5) is 0 Å². The lowest BCUT2D eigenvalue weighted by Crippen LogP contribution is -1.84. The Morgan fingerprint density at radius 3 is 0.889 bits per heavy atom. The Balaban J connectivity index is 2.97. The highest BCUT2D eigenvalue weighted by Gasteiger charge is 1.95. The quantitative estimate of drug-likeness (QED) is 0.156. The summed E-state index contributed by atoms with van der Waals surface area (Å²) < 4.78 is 0. The van der Waals surface area contributed by atoms with Crippen molar-refractivity contribution in [3.8, 4) is 0 Å². The fourth-order valence-electron chi connectivity index (χ4n) is 3.92. The molecule has 0 heteroatoms. The van der Waals surface area contributed by atoms with E-state index in [1.165, 1.54) is 141 Å². The molecule has 0 bridgehead atoms. The molecule has 0 fully saturated rings. The van der Waals surface area contributed by atoms with Crippen LogP contribution < -0.4 is 0 Å². The highest BCUT2D eigenvalue weighted by Crippen LogP contribution is 2.15. The molecule has 2 radical (unpaired) electrons. The van der Waals surface area contributed by atoms with Crippen molar-refractivity contribution in [3.05, 3.63) is 26.0 Å². The number of unbranched alkanes of at least 4 members (excludes halogenated alkanes) is 22. The van der Waals surface area contributed by atoms with Crippen LogP contribution in [0.3, 0.4) is 0 Å². The lowest BCUT2D eigenvalue weighted by molar-refractivity contribution is 0.520. The summed E-state index contributed by atoms with van der Waals surface area (Å²) in [5.74, 6) is 0. The Morgan fingerprint density at radius 2 is 0.630 bits per heavy atom. The first-order valence-corrected chi connectivity index (χ1v) is 12.6. The average molecular weight is 377 g/mol. The van der Waals surface area contributed by atoms with Crippen LogP contribution in [0.25, 0.3) is 0 Å². The Kier molecular flexibility index (Phi) is 25.5. The Hall–Kier alpha value is -0.260. The smallest absolute Gasteiger partial charge is 0.0316 e. The van der Waals surface area contributed by atoms with Crippen LogP contribution >= 0.6 is 0 Å². The van der Waals surface area contributed by atoms with E-state index in [0.717, 1.165) is 6.42 Å². The van der Waals surface area contributed by atoms with Gasteiger partial charge in [-0.1, -0.05) is 154 Å². The van der Waals surface area contributed by atoms with Gasteiger partial charge in [0.1, 0.15) is 0 Å². The molecule has 0 nitrogen and oxygen atoms in total. The second-order valence-corrected chi connectivity index (χ2v) is 8.54. The zero-order valence-corrected chi connectivity index (χ0v) is 18.8. The zero-order valence-electron chi connectivity index (χ0n) is 18.8. The SMILES string of the molecule is [CH2]C=CCCCCCCCCCCCCCCCCCCCCCCC[CH2]. The molecule has 0 atom stereocenters. The van der Waals surface area contributed by atoms with E-state index in [2.05, 4.69) is 19.9 Å². The highest BCUT2D eigenvalue weighted by atomic mass is 14.0. The Labute approximate surface area is 174 Å². The van der Waals surface area contributed by atoms with E-state index in [-0.39, 0.29) is 0 Å². The molecular weight excluding hydrogens is 324 g/mol. The van der Waals surface area contributed by atoms with Gasteiger partial charge in [0.05, 0.1) is 0 Å². The topological polar surface area (TPSA) is 0 Å². The molecule has 0 N–H and O–H groups in total. The molecule has 0 heterocycles. The van der Waals surface area contributed by atoms with E-state index in [1.54, 1.807) is 0 Å². The number of hydrogen-bond acceptors (Lipinski definition) is 0. The van der Waals surface area contributed by atoms with Crippen molar-refractivity contribution in [1.82, 2.24) is 0 Å². The summed E-state index contributed by atoms with van der Waals surface area (Å²) in [6.45, 7) is 7.64. The lowest BCUT2D eigenvalue weighted by Gasteiger charge is -2.04. The molecule has 0 aliphatic carbocycles. The van der Waals surface area contributed by atoms with Crippen LogP contribution in [-0.4, -0.2) is 0 Å². The van der Waals surface area contributed by atoms with Gasteiger partial charge >= 0.3 is 0 Å². The molecule has 0 aromatic carbocycles. The lowest BCUT2D eigenvalue weighted by atomic mass is 10.0. The van der Waals surface area contributed by atoms with E-state index in [0.29, 0.717) is 0 Å². The number of hydrogen-bond donors (Lipinski definition) is 0. The van der Waals surface area contributed by atoms with Gasteiger partial charge in [0.2, 0.25) is 0 Å². The summed E-state index contributed by atoms with van der Waals surface area (Å²) >= 11 is 0. The molecule has 160 valence electrons. The summed E-state index contributed by atoms with van der Waals surface area (Å²) in [5, 5.41) is 0. The second-order valence-electron chi connectivity index (χ2n) is 8.54. The predicted octanol–water partition coefficient (Wildman–Crippen LogP) is 10.2. The standard InChI is InChI=1S/C27H52/c1-3-5-7-9-11-13-15-17-19-21-23-25-27-26-24-22-20-18-16-14-12-10-8-6-4-2/h3,5H,1-2,4,6-27H2. The fourth-order valence-corrected chi connectivity index (χ4v) is 3.92. The first kappa shape index (κ1) is 26.7. The number of rotatable bonds is 23. The molecule has 0 spiro atoms. The second kappa shape index (κ2) is 25.7. The maximum atomic E-state index is 3.91. The molecule has 0 rings (SSSR count). The van der Waals surface area contributed by atoms with Gasteiger partial charge in [-0.05, 0) is 19.8 Å². The fraction of sp³-hybridized carbons (Fsp3) is 0.852. The van der Waals surface area contributed by atoms with Crippen LogP contribution in [0.15, 0.2) is 12.2 Å². The van der Waals surface area contributed by atoms with Crippen molar-refractivity contribution in [2.45, 2.75) is 148 Å². The summed E-state index contributed by atoms with van der Waals surface area (Å²) in [6.07, 6.45) is 36.9. The maximum Gasteiger partial charge on any atom is -0.0316 e. The molecule has 0 amide bonds. The maximum absolute atomic E-state index is 3.91. The summed E-state index contributed by atoms with van der Waals surface area (Å²) in [5.41, 5.74) is 0. The third kappa shape index (κ3) is 25.7. The summed E-state index contributed by atoms with van der Waals surface area (Å²) in [6, 6.07) is 0. The molecule has 27 heavy (non-hydrogen) atoms. The van der Waals surface area contributed by atoms with Gasteiger partial charge in [-0.3, -0.25) is 0 Å². The van der Waals surface area contributed by atoms with Crippen LogP contribution in [0.1, 0.15) is 148 Å². The molecule has 0 aliphatic rings. The van der Waals surface area contributed by atoms with Crippen LogP contribution in [0.5, 0.6) is 0 Å². The van der Waals surface area contributed by atoms with Crippen molar-refractivity contribution < 1.29 is 0 Å². The van der Waals surface area contributed by atoms with Gasteiger partial charge < -0.3 is 0 Å². The van der Waals surface area contributed by atoms with E-state index < -0.39 is 0 Å². The molecule has 0 aliphatic heterocycles. The summed E-state index contributed by atoms with van der Waals surface area (Å²) in [4.78, 5) is 0.